The highest BCUT2D eigenvalue weighted by molar-refractivity contribution is 6.31. The molecule has 0 atom stereocenters. The van der Waals surface area contributed by atoms with Gasteiger partial charge in [-0.2, -0.15) is 17.9 Å². The summed E-state index contributed by atoms with van der Waals surface area (Å²) < 4.78 is 44.7. The van der Waals surface area contributed by atoms with Crippen molar-refractivity contribution in [3.63, 3.8) is 0 Å². The summed E-state index contributed by atoms with van der Waals surface area (Å²) in [4.78, 5) is 11.2. The number of anilines is 2. The van der Waals surface area contributed by atoms with Gasteiger partial charge in [-0.1, -0.05) is 11.6 Å². The predicted octanol–water partition coefficient (Wildman–Crippen LogP) is 4.36. The lowest BCUT2D eigenvalue weighted by Gasteiger charge is -2.13. The Morgan fingerprint density at radius 2 is 1.68 bits per heavy atom. The molecular formula is C20H16ClF3N4O3. The van der Waals surface area contributed by atoms with E-state index >= 15 is 0 Å². The van der Waals surface area contributed by atoms with Crippen molar-refractivity contribution in [2.45, 2.75) is 6.18 Å². The standard InChI is InChI=1S/C20H16ClF3N4O3/c21-17-6-3-13(9-16(17)20(22,23)24)27-11-26-12-1-4-14(5-2-12)31-15-7-8-28(30)18(10-15)19(25)29/h1-10,26-27H,11H2,(H2,25,29). The van der Waals surface area contributed by atoms with Crippen LogP contribution in [0.5, 0.6) is 11.5 Å². The van der Waals surface area contributed by atoms with Crippen LogP contribution in [0.2, 0.25) is 5.02 Å². The van der Waals surface area contributed by atoms with Gasteiger partial charge in [0, 0.05) is 17.4 Å². The van der Waals surface area contributed by atoms with Gasteiger partial charge in [-0.3, -0.25) is 4.79 Å². The van der Waals surface area contributed by atoms with Crippen molar-refractivity contribution < 1.29 is 27.4 Å². The second-order valence-electron chi connectivity index (χ2n) is 6.29. The number of alkyl halides is 3. The number of pyridine rings is 1. The van der Waals surface area contributed by atoms with E-state index in [-0.39, 0.29) is 28.8 Å². The van der Waals surface area contributed by atoms with Crippen molar-refractivity contribution in [3.8, 4) is 11.5 Å². The summed E-state index contributed by atoms with van der Waals surface area (Å²) in [5.74, 6) is -0.188. The van der Waals surface area contributed by atoms with Crippen LogP contribution in [0.25, 0.3) is 0 Å². The Hall–Kier alpha value is -3.66. The first-order valence-corrected chi connectivity index (χ1v) is 9.17. The minimum atomic E-state index is -4.54. The van der Waals surface area contributed by atoms with Crippen molar-refractivity contribution in [2.75, 3.05) is 17.3 Å². The summed E-state index contributed by atoms with van der Waals surface area (Å²) in [6.45, 7) is 0.156. The van der Waals surface area contributed by atoms with E-state index in [1.807, 2.05) is 0 Å². The van der Waals surface area contributed by atoms with E-state index in [0.29, 0.717) is 16.2 Å². The number of nitrogens with two attached hydrogens (primary N) is 1. The second-order valence-corrected chi connectivity index (χ2v) is 6.69. The molecule has 1 heterocycles. The molecule has 1 amide bonds. The molecule has 0 saturated carbocycles. The first-order chi connectivity index (χ1) is 14.6. The minimum absolute atomic E-state index is 0.156. The van der Waals surface area contributed by atoms with Crippen molar-refractivity contribution in [3.05, 3.63) is 82.3 Å². The number of rotatable bonds is 7. The number of benzene rings is 2. The molecule has 0 saturated heterocycles. The predicted molar refractivity (Wildman–Crippen MR) is 109 cm³/mol. The van der Waals surface area contributed by atoms with E-state index in [1.54, 1.807) is 24.3 Å². The monoisotopic (exact) mass is 452 g/mol. The Morgan fingerprint density at radius 3 is 2.32 bits per heavy atom. The molecule has 7 nitrogen and oxygen atoms in total. The van der Waals surface area contributed by atoms with Crippen LogP contribution in [0.4, 0.5) is 24.5 Å². The molecule has 0 unspecified atom stereocenters. The Labute approximate surface area is 179 Å². The molecule has 0 bridgehead atoms. The number of ether oxygens (including phenoxy) is 1. The summed E-state index contributed by atoms with van der Waals surface area (Å²) in [5, 5.41) is 16.9. The summed E-state index contributed by atoms with van der Waals surface area (Å²) in [6.07, 6.45) is -3.43. The summed E-state index contributed by atoms with van der Waals surface area (Å²) in [7, 11) is 0. The first kappa shape index (κ1) is 22.0. The highest BCUT2D eigenvalue weighted by Gasteiger charge is 2.33. The number of primary amides is 1. The molecule has 3 aromatic rings. The molecule has 0 aliphatic carbocycles. The number of aromatic nitrogens is 1. The zero-order valence-corrected chi connectivity index (χ0v) is 16.5. The molecule has 0 radical (unpaired) electrons. The van der Waals surface area contributed by atoms with E-state index < -0.39 is 17.6 Å². The van der Waals surface area contributed by atoms with Crippen LogP contribution in [-0.2, 0) is 6.18 Å². The van der Waals surface area contributed by atoms with E-state index in [1.165, 1.54) is 24.3 Å². The van der Waals surface area contributed by atoms with Crippen LogP contribution in [0.3, 0.4) is 0 Å². The van der Waals surface area contributed by atoms with Gasteiger partial charge >= 0.3 is 12.1 Å². The molecule has 0 aliphatic heterocycles. The Morgan fingerprint density at radius 1 is 1.03 bits per heavy atom. The molecule has 162 valence electrons. The fourth-order valence-electron chi connectivity index (χ4n) is 2.59. The molecule has 11 heteroatoms. The molecule has 0 fully saturated rings. The lowest BCUT2D eigenvalue weighted by molar-refractivity contribution is -0.607. The SMILES string of the molecule is NC(=O)c1cc(Oc2ccc(NCNc3ccc(Cl)c(C(F)(F)F)c3)cc2)cc[n+]1[O-]. The summed E-state index contributed by atoms with van der Waals surface area (Å²) >= 11 is 5.60. The average Bonchev–Trinajstić information content (AvgIpc) is 2.71. The van der Waals surface area contributed by atoms with Crippen molar-refractivity contribution >= 4 is 28.9 Å². The maximum atomic E-state index is 12.9. The van der Waals surface area contributed by atoms with E-state index in [4.69, 9.17) is 22.1 Å². The maximum Gasteiger partial charge on any atom is 0.417 e. The van der Waals surface area contributed by atoms with Gasteiger partial charge in [0.1, 0.15) is 11.5 Å². The quantitative estimate of drug-likeness (QED) is 0.281. The van der Waals surface area contributed by atoms with Crippen LogP contribution < -0.4 is 25.8 Å². The maximum absolute atomic E-state index is 12.9. The second kappa shape index (κ2) is 9.00. The molecule has 31 heavy (non-hydrogen) atoms. The van der Waals surface area contributed by atoms with Gasteiger partial charge in [0.05, 0.1) is 23.3 Å². The van der Waals surface area contributed by atoms with Crippen LogP contribution in [0.1, 0.15) is 16.1 Å². The Balaban J connectivity index is 1.58. The van der Waals surface area contributed by atoms with Crippen LogP contribution in [0, 0.1) is 5.21 Å². The van der Waals surface area contributed by atoms with E-state index in [9.17, 15) is 23.2 Å². The van der Waals surface area contributed by atoms with Crippen molar-refractivity contribution in [2.24, 2.45) is 5.73 Å². The van der Waals surface area contributed by atoms with Gasteiger partial charge in [0.2, 0.25) is 0 Å². The fraction of sp³-hybridized carbons (Fsp3) is 0.100. The van der Waals surface area contributed by atoms with Gasteiger partial charge in [-0.15, -0.1) is 0 Å². The molecule has 0 spiro atoms. The highest BCUT2D eigenvalue weighted by Crippen LogP contribution is 2.36. The molecule has 2 aromatic carbocycles. The largest absolute Gasteiger partial charge is 0.618 e. The normalized spacial score (nSPS) is 11.1. The number of nitrogens with one attached hydrogen (secondary N) is 2. The number of hydrogen-bond donors (Lipinski definition) is 3. The Bertz CT molecular complexity index is 1090. The molecule has 3 rings (SSSR count). The van der Waals surface area contributed by atoms with Gasteiger partial charge in [0.25, 0.3) is 5.69 Å². The smallest absolute Gasteiger partial charge is 0.417 e. The van der Waals surface area contributed by atoms with Crippen LogP contribution in [0.15, 0.2) is 60.8 Å². The number of carbonyl (C=O) groups is 1. The third-order valence-corrected chi connectivity index (χ3v) is 4.42. The third kappa shape index (κ3) is 5.70. The summed E-state index contributed by atoms with van der Waals surface area (Å²) in [5.41, 5.74) is 4.90. The lowest BCUT2D eigenvalue weighted by atomic mass is 10.2. The first-order valence-electron chi connectivity index (χ1n) is 8.79. The number of nitrogens with zero attached hydrogens (tertiary/aromatic N) is 1. The minimum Gasteiger partial charge on any atom is -0.618 e. The van der Waals surface area contributed by atoms with Crippen molar-refractivity contribution in [1.29, 1.82) is 0 Å². The van der Waals surface area contributed by atoms with Gasteiger partial charge in [0.15, 0.2) is 6.20 Å². The van der Waals surface area contributed by atoms with Gasteiger partial charge < -0.3 is 26.3 Å². The molecule has 4 N–H and O–H groups in total. The molecule has 1 aromatic heterocycles. The number of hydrogen-bond acceptors (Lipinski definition) is 5. The average molecular weight is 453 g/mol. The topological polar surface area (TPSA) is 103 Å². The van der Waals surface area contributed by atoms with E-state index in [2.05, 4.69) is 10.6 Å². The van der Waals surface area contributed by atoms with Crippen LogP contribution in [-0.4, -0.2) is 12.6 Å². The van der Waals surface area contributed by atoms with Gasteiger partial charge in [-0.25, -0.2) is 0 Å². The Kier molecular flexibility index (Phi) is 6.40. The van der Waals surface area contributed by atoms with Crippen LogP contribution >= 0.6 is 11.6 Å². The van der Waals surface area contributed by atoms with E-state index in [0.717, 1.165) is 12.3 Å². The van der Waals surface area contributed by atoms with Gasteiger partial charge in [-0.05, 0) is 42.5 Å². The molecular weight excluding hydrogens is 437 g/mol. The zero-order chi connectivity index (χ0) is 22.6. The number of halogens is 4. The number of amides is 1. The fourth-order valence-corrected chi connectivity index (χ4v) is 2.81. The lowest BCUT2D eigenvalue weighted by Crippen LogP contribution is -2.36. The van der Waals surface area contributed by atoms with Crippen molar-refractivity contribution in [1.82, 2.24) is 0 Å². The molecule has 0 aliphatic rings. The third-order valence-electron chi connectivity index (χ3n) is 4.09. The highest BCUT2D eigenvalue weighted by atomic mass is 35.5. The summed E-state index contributed by atoms with van der Waals surface area (Å²) in [6, 6.07) is 12.8. The number of carbonyl (C=O) groups excluding carboxylic acids is 1. The zero-order valence-electron chi connectivity index (χ0n) is 15.7.